The van der Waals surface area contributed by atoms with Gasteiger partial charge in [-0.1, -0.05) is 35.4 Å². The van der Waals surface area contributed by atoms with Crippen molar-refractivity contribution in [1.29, 1.82) is 0 Å². The van der Waals surface area contributed by atoms with Crippen LogP contribution < -0.4 is 5.32 Å². The molecule has 130 valence electrons. The first kappa shape index (κ1) is 18.1. The summed E-state index contributed by atoms with van der Waals surface area (Å²) >= 11 is 0. The molecule has 7 heteroatoms. The monoisotopic (exact) mass is 342 g/mol. The summed E-state index contributed by atoms with van der Waals surface area (Å²) in [6.07, 6.45) is -0.178. The fourth-order valence-corrected chi connectivity index (χ4v) is 2.63. The van der Waals surface area contributed by atoms with Crippen molar-refractivity contribution in [2.75, 3.05) is 0 Å². The number of carboxylic acid groups (broad SMARTS) is 1. The lowest BCUT2D eigenvalue weighted by Crippen LogP contribution is -2.42. The van der Waals surface area contributed by atoms with Gasteiger partial charge in [-0.2, -0.15) is 0 Å². The number of carbonyl (C=O) groups is 2. The Bertz CT molecular complexity index is 812. The third kappa shape index (κ3) is 4.63. The van der Waals surface area contributed by atoms with Crippen LogP contribution in [-0.4, -0.2) is 27.9 Å². The Labute approximate surface area is 144 Å². The van der Waals surface area contributed by atoms with E-state index in [2.05, 4.69) is 5.32 Å². The number of para-hydroxylation sites is 1. The second kappa shape index (κ2) is 7.57. The molecule has 1 atom stereocenters. The quantitative estimate of drug-likeness (QED) is 0.619. The van der Waals surface area contributed by atoms with E-state index >= 15 is 0 Å². The number of amides is 1. The average Bonchev–Trinajstić information content (AvgIpc) is 2.53. The molecule has 0 aliphatic rings. The maximum absolute atomic E-state index is 12.4. The Hall–Kier alpha value is -3.22. The zero-order valence-electron chi connectivity index (χ0n) is 13.9. The lowest BCUT2D eigenvalue weighted by Gasteiger charge is -2.15. The molecule has 2 aromatic carbocycles. The van der Waals surface area contributed by atoms with Crippen LogP contribution >= 0.6 is 0 Å². The SMILES string of the molecule is Cc1cc(C)cc(C(=O)N[C@H](Cc2ccccc2[N+](=O)[O-])C(=O)O)c1. The van der Waals surface area contributed by atoms with Crippen molar-refractivity contribution in [3.05, 3.63) is 74.8 Å². The lowest BCUT2D eigenvalue weighted by molar-refractivity contribution is -0.385. The van der Waals surface area contributed by atoms with Crippen LogP contribution in [0.15, 0.2) is 42.5 Å². The number of hydrogen-bond acceptors (Lipinski definition) is 4. The minimum Gasteiger partial charge on any atom is -0.480 e. The first-order chi connectivity index (χ1) is 11.8. The van der Waals surface area contributed by atoms with E-state index in [0.29, 0.717) is 5.56 Å². The Balaban J connectivity index is 2.23. The topological polar surface area (TPSA) is 110 Å². The highest BCUT2D eigenvalue weighted by Crippen LogP contribution is 2.19. The summed E-state index contributed by atoms with van der Waals surface area (Å²) in [7, 11) is 0. The molecular weight excluding hydrogens is 324 g/mol. The standard InChI is InChI=1S/C18H18N2O5/c1-11-7-12(2)9-14(8-11)17(21)19-15(18(22)23)10-13-5-3-4-6-16(13)20(24)25/h3-9,15H,10H2,1-2H3,(H,19,21)(H,22,23)/t15-/m1/s1. The van der Waals surface area contributed by atoms with Gasteiger partial charge in [-0.05, 0) is 26.0 Å². The predicted molar refractivity (Wildman–Crippen MR) is 91.6 cm³/mol. The van der Waals surface area contributed by atoms with Crippen LogP contribution in [0.25, 0.3) is 0 Å². The van der Waals surface area contributed by atoms with E-state index in [4.69, 9.17) is 0 Å². The van der Waals surface area contributed by atoms with Crippen LogP contribution in [0, 0.1) is 24.0 Å². The molecule has 1 amide bonds. The number of aliphatic carboxylic acids is 1. The van der Waals surface area contributed by atoms with Gasteiger partial charge >= 0.3 is 5.97 Å². The van der Waals surface area contributed by atoms with Crippen molar-refractivity contribution in [3.8, 4) is 0 Å². The molecule has 2 rings (SSSR count). The average molecular weight is 342 g/mol. The molecule has 2 aromatic rings. The van der Waals surface area contributed by atoms with Crippen molar-refractivity contribution in [3.63, 3.8) is 0 Å². The van der Waals surface area contributed by atoms with Gasteiger partial charge in [-0.25, -0.2) is 4.79 Å². The number of hydrogen-bond donors (Lipinski definition) is 2. The number of rotatable bonds is 6. The van der Waals surface area contributed by atoms with Crippen molar-refractivity contribution in [2.24, 2.45) is 0 Å². The molecule has 0 fully saturated rings. The van der Waals surface area contributed by atoms with Crippen molar-refractivity contribution in [2.45, 2.75) is 26.3 Å². The van der Waals surface area contributed by atoms with E-state index < -0.39 is 22.8 Å². The normalized spacial score (nSPS) is 11.6. The zero-order chi connectivity index (χ0) is 18.6. The van der Waals surface area contributed by atoms with E-state index in [1.54, 1.807) is 18.2 Å². The Morgan fingerprint density at radius 1 is 1.16 bits per heavy atom. The van der Waals surface area contributed by atoms with Gasteiger partial charge in [0, 0.05) is 23.6 Å². The second-order valence-corrected chi connectivity index (χ2v) is 5.83. The Kier molecular flexibility index (Phi) is 5.49. The number of benzene rings is 2. The van der Waals surface area contributed by atoms with Crippen LogP contribution in [0.1, 0.15) is 27.0 Å². The number of carboxylic acids is 1. The van der Waals surface area contributed by atoms with Crippen molar-refractivity contribution < 1.29 is 19.6 Å². The first-order valence-corrected chi connectivity index (χ1v) is 7.62. The van der Waals surface area contributed by atoms with E-state index in [1.807, 2.05) is 19.9 Å². The van der Waals surface area contributed by atoms with Gasteiger partial charge in [0.2, 0.25) is 0 Å². The van der Waals surface area contributed by atoms with Gasteiger partial charge in [0.15, 0.2) is 0 Å². The predicted octanol–water partition coefficient (Wildman–Crippen LogP) is 2.64. The Morgan fingerprint density at radius 3 is 2.32 bits per heavy atom. The van der Waals surface area contributed by atoms with Gasteiger partial charge in [0.25, 0.3) is 11.6 Å². The number of nitro benzene ring substituents is 1. The minimum atomic E-state index is -1.27. The number of carbonyl (C=O) groups excluding carboxylic acids is 1. The fourth-order valence-electron chi connectivity index (χ4n) is 2.63. The van der Waals surface area contributed by atoms with Crippen LogP contribution in [0.5, 0.6) is 0 Å². The minimum absolute atomic E-state index is 0.172. The van der Waals surface area contributed by atoms with Gasteiger partial charge in [0.1, 0.15) is 6.04 Å². The maximum Gasteiger partial charge on any atom is 0.326 e. The van der Waals surface area contributed by atoms with Crippen LogP contribution in [0.4, 0.5) is 5.69 Å². The number of nitrogens with one attached hydrogen (secondary N) is 1. The van der Waals surface area contributed by atoms with Crippen LogP contribution in [0.2, 0.25) is 0 Å². The van der Waals surface area contributed by atoms with Gasteiger partial charge in [-0.15, -0.1) is 0 Å². The summed E-state index contributed by atoms with van der Waals surface area (Å²) in [5, 5.41) is 22.9. The molecule has 0 heterocycles. The van der Waals surface area contributed by atoms with E-state index in [-0.39, 0.29) is 17.7 Å². The summed E-state index contributed by atoms with van der Waals surface area (Å²) < 4.78 is 0. The molecule has 25 heavy (non-hydrogen) atoms. The summed E-state index contributed by atoms with van der Waals surface area (Å²) in [6, 6.07) is 9.83. The van der Waals surface area contributed by atoms with Gasteiger partial charge < -0.3 is 10.4 Å². The molecule has 0 radical (unpaired) electrons. The molecule has 0 unspecified atom stereocenters. The number of aryl methyl sites for hydroxylation is 2. The largest absolute Gasteiger partial charge is 0.480 e. The summed E-state index contributed by atoms with van der Waals surface area (Å²) in [6.45, 7) is 3.68. The number of nitrogens with zero attached hydrogens (tertiary/aromatic N) is 1. The molecule has 0 aromatic heterocycles. The van der Waals surface area contributed by atoms with Crippen LogP contribution in [0.3, 0.4) is 0 Å². The van der Waals surface area contributed by atoms with Gasteiger partial charge in [0.05, 0.1) is 4.92 Å². The highest BCUT2D eigenvalue weighted by molar-refractivity contribution is 5.97. The maximum atomic E-state index is 12.4. The fraction of sp³-hybridized carbons (Fsp3) is 0.222. The molecule has 0 aliphatic heterocycles. The molecule has 7 nitrogen and oxygen atoms in total. The van der Waals surface area contributed by atoms with Crippen LogP contribution in [-0.2, 0) is 11.2 Å². The first-order valence-electron chi connectivity index (χ1n) is 7.62. The third-order valence-corrected chi connectivity index (χ3v) is 3.70. The molecule has 0 aliphatic carbocycles. The molecule has 2 N–H and O–H groups in total. The third-order valence-electron chi connectivity index (χ3n) is 3.70. The zero-order valence-corrected chi connectivity index (χ0v) is 13.9. The Morgan fingerprint density at radius 2 is 1.76 bits per heavy atom. The summed E-state index contributed by atoms with van der Waals surface area (Å²) in [5.74, 6) is -1.78. The lowest BCUT2D eigenvalue weighted by atomic mass is 10.0. The smallest absolute Gasteiger partial charge is 0.326 e. The summed E-state index contributed by atoms with van der Waals surface area (Å²) in [5.41, 5.74) is 2.20. The molecule has 0 spiro atoms. The van der Waals surface area contributed by atoms with E-state index in [1.165, 1.54) is 18.2 Å². The van der Waals surface area contributed by atoms with E-state index in [0.717, 1.165) is 11.1 Å². The molecule has 0 saturated carbocycles. The van der Waals surface area contributed by atoms with Gasteiger partial charge in [-0.3, -0.25) is 14.9 Å². The highest BCUT2D eigenvalue weighted by atomic mass is 16.6. The van der Waals surface area contributed by atoms with Crippen molar-refractivity contribution in [1.82, 2.24) is 5.32 Å². The van der Waals surface area contributed by atoms with Crippen molar-refractivity contribution >= 4 is 17.6 Å². The summed E-state index contributed by atoms with van der Waals surface area (Å²) in [4.78, 5) is 34.4. The molecule has 0 bridgehead atoms. The number of nitro groups is 1. The second-order valence-electron chi connectivity index (χ2n) is 5.83. The van der Waals surface area contributed by atoms with E-state index in [9.17, 15) is 24.8 Å². The highest BCUT2D eigenvalue weighted by Gasteiger charge is 2.25. The molecular formula is C18H18N2O5. The molecule has 0 saturated heterocycles.